The molecule has 0 unspecified atom stereocenters. The van der Waals surface area contributed by atoms with Gasteiger partial charge in [-0.15, -0.1) is 0 Å². The van der Waals surface area contributed by atoms with Gasteiger partial charge in [0.05, 0.1) is 6.10 Å². The second-order valence-corrected chi connectivity index (χ2v) is 3.70. The Morgan fingerprint density at radius 3 is 2.17 bits per heavy atom. The van der Waals surface area contributed by atoms with Gasteiger partial charge in [0.15, 0.2) is 0 Å². The van der Waals surface area contributed by atoms with Crippen LogP contribution in [0.5, 0.6) is 0 Å². The largest absolute Gasteiger partial charge is 0.393 e. The molecule has 12 heavy (non-hydrogen) atoms. The van der Waals surface area contributed by atoms with E-state index in [0.29, 0.717) is 16.5 Å². The highest BCUT2D eigenvalue weighted by Crippen LogP contribution is 2.19. The number of halogens is 2. The van der Waals surface area contributed by atoms with E-state index in [4.69, 9.17) is 28.3 Å². The molecule has 1 N–H and O–H groups in total. The van der Waals surface area contributed by atoms with E-state index in [-0.39, 0.29) is 6.10 Å². The first-order valence-electron chi connectivity index (χ1n) is 3.71. The monoisotopic (exact) mass is 204 g/mol. The number of rotatable bonds is 2. The number of benzene rings is 1. The van der Waals surface area contributed by atoms with Crippen LogP contribution < -0.4 is 0 Å². The summed E-state index contributed by atoms with van der Waals surface area (Å²) in [6, 6.07) is 5.29. The molecule has 1 nitrogen and oxygen atoms in total. The van der Waals surface area contributed by atoms with Crippen molar-refractivity contribution in [3.05, 3.63) is 33.8 Å². The summed E-state index contributed by atoms with van der Waals surface area (Å²) in [7, 11) is 0. The van der Waals surface area contributed by atoms with Gasteiger partial charge in [-0.1, -0.05) is 23.2 Å². The molecule has 0 aliphatic heterocycles. The van der Waals surface area contributed by atoms with Crippen LogP contribution in [0.15, 0.2) is 18.2 Å². The fraction of sp³-hybridized carbons (Fsp3) is 0.333. The molecule has 1 rings (SSSR count). The predicted molar refractivity (Wildman–Crippen MR) is 51.8 cm³/mol. The van der Waals surface area contributed by atoms with Gasteiger partial charge in [-0.25, -0.2) is 0 Å². The predicted octanol–water partition coefficient (Wildman–Crippen LogP) is 2.92. The molecule has 0 bridgehead atoms. The van der Waals surface area contributed by atoms with Gasteiger partial charge in [0.25, 0.3) is 0 Å². The minimum absolute atomic E-state index is 0.362. The zero-order valence-corrected chi connectivity index (χ0v) is 8.23. The maximum atomic E-state index is 9.10. The van der Waals surface area contributed by atoms with Crippen LogP contribution in [0, 0.1) is 0 Å². The summed E-state index contributed by atoms with van der Waals surface area (Å²) in [5, 5.41) is 10.3. The standard InChI is InChI=1S/C9H10Cl2O/c1-6(12)2-7-3-8(10)5-9(11)4-7/h3-6,12H,2H2,1H3/t6-/m1/s1. The second-order valence-electron chi connectivity index (χ2n) is 2.83. The summed E-state index contributed by atoms with van der Waals surface area (Å²) in [6.07, 6.45) is 0.222. The third-order valence-corrected chi connectivity index (χ3v) is 1.89. The van der Waals surface area contributed by atoms with E-state index < -0.39 is 0 Å². The molecular formula is C9H10Cl2O. The van der Waals surface area contributed by atoms with Gasteiger partial charge in [-0.3, -0.25) is 0 Å². The first-order valence-corrected chi connectivity index (χ1v) is 4.46. The molecule has 0 saturated heterocycles. The molecule has 0 aromatic heterocycles. The molecule has 0 aliphatic rings. The van der Waals surface area contributed by atoms with Crippen molar-refractivity contribution in [3.63, 3.8) is 0 Å². The maximum Gasteiger partial charge on any atom is 0.0552 e. The second kappa shape index (κ2) is 4.13. The molecule has 0 heterocycles. The number of aliphatic hydroxyl groups excluding tert-OH is 1. The quantitative estimate of drug-likeness (QED) is 0.786. The molecule has 0 fully saturated rings. The average Bonchev–Trinajstić information content (AvgIpc) is 1.81. The molecule has 1 aromatic carbocycles. The number of hydrogen-bond acceptors (Lipinski definition) is 1. The normalized spacial score (nSPS) is 13.0. The fourth-order valence-corrected chi connectivity index (χ4v) is 1.64. The molecule has 1 aromatic rings. The lowest BCUT2D eigenvalue weighted by atomic mass is 10.1. The Morgan fingerprint density at radius 2 is 1.75 bits per heavy atom. The smallest absolute Gasteiger partial charge is 0.0552 e. The van der Waals surface area contributed by atoms with Crippen molar-refractivity contribution in [2.75, 3.05) is 0 Å². The van der Waals surface area contributed by atoms with Gasteiger partial charge >= 0.3 is 0 Å². The number of aliphatic hydroxyl groups is 1. The zero-order chi connectivity index (χ0) is 9.14. The third kappa shape index (κ3) is 3.02. The molecule has 0 aliphatic carbocycles. The SMILES string of the molecule is C[C@@H](O)Cc1cc(Cl)cc(Cl)c1. The van der Waals surface area contributed by atoms with Crippen LogP contribution >= 0.6 is 23.2 Å². The van der Waals surface area contributed by atoms with Crippen LogP contribution in [-0.4, -0.2) is 11.2 Å². The van der Waals surface area contributed by atoms with Crippen molar-refractivity contribution in [2.24, 2.45) is 0 Å². The van der Waals surface area contributed by atoms with E-state index in [9.17, 15) is 0 Å². The minimum Gasteiger partial charge on any atom is -0.393 e. The highest BCUT2D eigenvalue weighted by Gasteiger charge is 2.01. The number of hydrogen-bond donors (Lipinski definition) is 1. The van der Waals surface area contributed by atoms with Crippen LogP contribution in [0.2, 0.25) is 10.0 Å². The summed E-state index contributed by atoms with van der Waals surface area (Å²) in [4.78, 5) is 0. The van der Waals surface area contributed by atoms with Crippen molar-refractivity contribution >= 4 is 23.2 Å². The highest BCUT2D eigenvalue weighted by atomic mass is 35.5. The Bertz CT molecular complexity index is 251. The third-order valence-electron chi connectivity index (χ3n) is 1.45. The van der Waals surface area contributed by atoms with E-state index in [1.807, 2.05) is 0 Å². The van der Waals surface area contributed by atoms with Gasteiger partial charge in [-0.2, -0.15) is 0 Å². The summed E-state index contributed by atoms with van der Waals surface area (Å²) < 4.78 is 0. The van der Waals surface area contributed by atoms with Gasteiger partial charge in [0, 0.05) is 10.0 Å². The van der Waals surface area contributed by atoms with E-state index in [2.05, 4.69) is 0 Å². The molecule has 1 atom stereocenters. The first-order chi connectivity index (χ1) is 5.58. The lowest BCUT2D eigenvalue weighted by molar-refractivity contribution is 0.195. The lowest BCUT2D eigenvalue weighted by Crippen LogP contribution is -2.03. The summed E-state index contributed by atoms with van der Waals surface area (Å²) >= 11 is 11.5. The Kier molecular flexibility index (Phi) is 3.39. The fourth-order valence-electron chi connectivity index (χ4n) is 1.07. The van der Waals surface area contributed by atoms with Crippen LogP contribution in [0.1, 0.15) is 12.5 Å². The van der Waals surface area contributed by atoms with Gasteiger partial charge in [0.1, 0.15) is 0 Å². The van der Waals surface area contributed by atoms with Crippen molar-refractivity contribution in [1.29, 1.82) is 0 Å². The molecule has 3 heteroatoms. The van der Waals surface area contributed by atoms with E-state index in [0.717, 1.165) is 5.56 Å². The first kappa shape index (κ1) is 9.85. The van der Waals surface area contributed by atoms with Crippen LogP contribution in [0.25, 0.3) is 0 Å². The van der Waals surface area contributed by atoms with E-state index in [1.54, 1.807) is 25.1 Å². The molecule has 0 saturated carbocycles. The Balaban J connectivity index is 2.85. The minimum atomic E-state index is -0.362. The molecule has 0 radical (unpaired) electrons. The summed E-state index contributed by atoms with van der Waals surface area (Å²) in [6.45, 7) is 1.73. The molecule has 0 amide bonds. The Hall–Kier alpha value is -0.240. The topological polar surface area (TPSA) is 20.2 Å². The van der Waals surface area contributed by atoms with Gasteiger partial charge in [-0.05, 0) is 37.1 Å². The summed E-state index contributed by atoms with van der Waals surface area (Å²) in [5.41, 5.74) is 0.961. The van der Waals surface area contributed by atoms with E-state index in [1.165, 1.54) is 0 Å². The average molecular weight is 205 g/mol. The van der Waals surface area contributed by atoms with Crippen LogP contribution in [0.3, 0.4) is 0 Å². The maximum absolute atomic E-state index is 9.10. The lowest BCUT2D eigenvalue weighted by Gasteiger charge is -2.04. The molecular weight excluding hydrogens is 195 g/mol. The van der Waals surface area contributed by atoms with Crippen molar-refractivity contribution in [1.82, 2.24) is 0 Å². The van der Waals surface area contributed by atoms with Crippen molar-refractivity contribution in [3.8, 4) is 0 Å². The van der Waals surface area contributed by atoms with Gasteiger partial charge in [0.2, 0.25) is 0 Å². The van der Waals surface area contributed by atoms with Crippen molar-refractivity contribution < 1.29 is 5.11 Å². The highest BCUT2D eigenvalue weighted by molar-refractivity contribution is 6.34. The van der Waals surface area contributed by atoms with Crippen molar-refractivity contribution in [2.45, 2.75) is 19.4 Å². The van der Waals surface area contributed by atoms with Gasteiger partial charge < -0.3 is 5.11 Å². The zero-order valence-electron chi connectivity index (χ0n) is 6.72. The summed E-state index contributed by atoms with van der Waals surface area (Å²) in [5.74, 6) is 0. The Labute approximate surface area is 81.9 Å². The van der Waals surface area contributed by atoms with Crippen LogP contribution in [0.4, 0.5) is 0 Å². The Morgan fingerprint density at radius 1 is 1.25 bits per heavy atom. The molecule has 0 spiro atoms. The molecule has 66 valence electrons. The van der Waals surface area contributed by atoms with Crippen LogP contribution in [-0.2, 0) is 6.42 Å². The van der Waals surface area contributed by atoms with E-state index >= 15 is 0 Å².